The summed E-state index contributed by atoms with van der Waals surface area (Å²) in [6, 6.07) is 1.92. The molecule has 5 heteroatoms. The summed E-state index contributed by atoms with van der Waals surface area (Å²) in [6.07, 6.45) is 2.35. The molecule has 1 aromatic rings. The van der Waals surface area contributed by atoms with E-state index in [1.165, 1.54) is 0 Å². The third kappa shape index (κ3) is 2.45. The monoisotopic (exact) mass is 358 g/mol. The fraction of sp³-hybridized carbons (Fsp3) is 0.333. The highest BCUT2D eigenvalue weighted by Gasteiger charge is 2.30. The van der Waals surface area contributed by atoms with Gasteiger partial charge in [-0.15, -0.1) is 6.58 Å². The Kier molecular flexibility index (Phi) is 3.68. The predicted molar refractivity (Wildman–Crippen MR) is 75.0 cm³/mol. The highest BCUT2D eigenvalue weighted by Crippen LogP contribution is 2.32. The normalized spacial score (nSPS) is 19.8. The largest absolute Gasteiger partial charge is 0.295 e. The minimum Gasteiger partial charge on any atom is -0.295 e. The number of carbonyl (C=O) groups excluding carboxylic acids is 1. The van der Waals surface area contributed by atoms with Gasteiger partial charge < -0.3 is 0 Å². The fourth-order valence-corrected chi connectivity index (χ4v) is 2.99. The first-order valence-corrected chi connectivity index (χ1v) is 6.87. The molecule has 1 unspecified atom stereocenters. The summed E-state index contributed by atoms with van der Waals surface area (Å²) in [4.78, 5) is 18.1. The number of rotatable bonds is 2. The van der Waals surface area contributed by atoms with E-state index in [0.717, 1.165) is 14.6 Å². The van der Waals surface area contributed by atoms with Crippen molar-refractivity contribution in [3.8, 4) is 0 Å². The molecule has 1 atom stereocenters. The van der Waals surface area contributed by atoms with Crippen LogP contribution in [0.1, 0.15) is 12.1 Å². The number of aromatic nitrogens is 1. The second kappa shape index (κ2) is 4.90. The Balaban J connectivity index is 2.38. The van der Waals surface area contributed by atoms with E-state index >= 15 is 0 Å². The van der Waals surface area contributed by atoms with Gasteiger partial charge >= 0.3 is 0 Å². The Hall–Kier alpha value is -0.680. The maximum Gasteiger partial charge on any atom is 0.228 e. The van der Waals surface area contributed by atoms with Crippen molar-refractivity contribution >= 4 is 43.6 Å². The van der Waals surface area contributed by atoms with E-state index in [-0.39, 0.29) is 11.8 Å². The van der Waals surface area contributed by atoms with Crippen LogP contribution in [-0.4, -0.2) is 17.4 Å². The molecule has 0 saturated carbocycles. The van der Waals surface area contributed by atoms with Crippen LogP contribution in [0.25, 0.3) is 0 Å². The molecular weight excluding hydrogens is 348 g/mol. The van der Waals surface area contributed by atoms with Crippen LogP contribution in [-0.2, 0) is 4.79 Å². The molecule has 1 fully saturated rings. The molecule has 1 aromatic heterocycles. The summed E-state index contributed by atoms with van der Waals surface area (Å²) >= 11 is 6.87. The van der Waals surface area contributed by atoms with Gasteiger partial charge in [0.05, 0.1) is 10.2 Å². The SMILES string of the molecule is C=CC1CC(=O)N(c2nc(C)c(Br)cc2Br)C1. The van der Waals surface area contributed by atoms with Gasteiger partial charge in [0.15, 0.2) is 0 Å². The average Bonchev–Trinajstić information content (AvgIpc) is 2.65. The van der Waals surface area contributed by atoms with E-state index in [9.17, 15) is 4.79 Å². The van der Waals surface area contributed by atoms with E-state index in [2.05, 4.69) is 43.4 Å². The van der Waals surface area contributed by atoms with Gasteiger partial charge in [-0.3, -0.25) is 9.69 Å². The Morgan fingerprint density at radius 2 is 2.24 bits per heavy atom. The third-order valence-corrected chi connectivity index (χ3v) is 4.22. The Bertz CT molecular complexity index is 488. The van der Waals surface area contributed by atoms with Gasteiger partial charge in [-0.25, -0.2) is 4.98 Å². The van der Waals surface area contributed by atoms with Crippen molar-refractivity contribution in [3.05, 3.63) is 33.4 Å². The van der Waals surface area contributed by atoms with Crippen molar-refractivity contribution in [2.45, 2.75) is 13.3 Å². The van der Waals surface area contributed by atoms with Crippen molar-refractivity contribution in [1.29, 1.82) is 0 Å². The smallest absolute Gasteiger partial charge is 0.228 e. The number of hydrogen-bond acceptors (Lipinski definition) is 2. The molecule has 0 N–H and O–H groups in total. The number of halogens is 2. The minimum absolute atomic E-state index is 0.102. The van der Waals surface area contributed by atoms with Crippen LogP contribution in [0.3, 0.4) is 0 Å². The van der Waals surface area contributed by atoms with Crippen molar-refractivity contribution in [2.24, 2.45) is 5.92 Å². The number of hydrogen-bond donors (Lipinski definition) is 0. The molecule has 2 heterocycles. The molecule has 3 nitrogen and oxygen atoms in total. The number of anilines is 1. The summed E-state index contributed by atoms with van der Waals surface area (Å²) in [5.41, 5.74) is 0.873. The van der Waals surface area contributed by atoms with Gasteiger partial charge in [0.1, 0.15) is 5.82 Å². The van der Waals surface area contributed by atoms with Crippen LogP contribution in [0.5, 0.6) is 0 Å². The first-order chi connectivity index (χ1) is 8.02. The zero-order chi connectivity index (χ0) is 12.6. The highest BCUT2D eigenvalue weighted by molar-refractivity contribution is 9.11. The van der Waals surface area contributed by atoms with Crippen LogP contribution < -0.4 is 4.90 Å². The number of carbonyl (C=O) groups is 1. The van der Waals surface area contributed by atoms with E-state index in [1.807, 2.05) is 19.1 Å². The lowest BCUT2D eigenvalue weighted by Gasteiger charge is -2.17. The molecule has 0 bridgehead atoms. The lowest BCUT2D eigenvalue weighted by atomic mass is 10.1. The van der Waals surface area contributed by atoms with Crippen molar-refractivity contribution in [3.63, 3.8) is 0 Å². The predicted octanol–water partition coefficient (Wildman–Crippen LogP) is 3.45. The second-order valence-corrected chi connectivity index (χ2v) is 5.77. The lowest BCUT2D eigenvalue weighted by Crippen LogP contribution is -2.26. The zero-order valence-corrected chi connectivity index (χ0v) is 12.6. The average molecular weight is 360 g/mol. The van der Waals surface area contributed by atoms with Crippen LogP contribution in [0, 0.1) is 12.8 Å². The molecule has 1 aliphatic heterocycles. The van der Waals surface area contributed by atoms with Crippen molar-refractivity contribution < 1.29 is 4.79 Å². The standard InChI is InChI=1S/C12H12Br2N2O/c1-3-8-4-11(17)16(6-8)12-10(14)5-9(13)7(2)15-12/h3,5,8H,1,4,6H2,2H3. The summed E-state index contributed by atoms with van der Waals surface area (Å²) < 4.78 is 1.76. The van der Waals surface area contributed by atoms with E-state index in [0.29, 0.717) is 18.8 Å². The van der Waals surface area contributed by atoms with Crippen molar-refractivity contribution in [2.75, 3.05) is 11.4 Å². The molecule has 0 radical (unpaired) electrons. The van der Waals surface area contributed by atoms with Gasteiger partial charge in [0.2, 0.25) is 5.91 Å². The number of aryl methyl sites for hydroxylation is 1. The van der Waals surface area contributed by atoms with Crippen LogP contribution in [0.4, 0.5) is 5.82 Å². The van der Waals surface area contributed by atoms with Gasteiger partial charge in [-0.1, -0.05) is 6.08 Å². The van der Waals surface area contributed by atoms with E-state index < -0.39 is 0 Å². The highest BCUT2D eigenvalue weighted by atomic mass is 79.9. The molecular formula is C12H12Br2N2O. The maximum atomic E-state index is 11.9. The summed E-state index contributed by atoms with van der Waals surface area (Å²) in [6.45, 7) is 6.31. The fourth-order valence-electron chi connectivity index (χ4n) is 1.83. The number of nitrogens with zero attached hydrogens (tertiary/aromatic N) is 2. The Morgan fingerprint density at radius 3 is 2.82 bits per heavy atom. The summed E-state index contributed by atoms with van der Waals surface area (Å²) in [5, 5.41) is 0. The minimum atomic E-state index is 0.102. The van der Waals surface area contributed by atoms with Gasteiger partial charge in [-0.05, 0) is 44.8 Å². The summed E-state index contributed by atoms with van der Waals surface area (Å²) in [7, 11) is 0. The van der Waals surface area contributed by atoms with Gasteiger partial charge in [-0.2, -0.15) is 0 Å². The van der Waals surface area contributed by atoms with E-state index in [1.54, 1.807) is 4.90 Å². The Labute approximate surface area is 117 Å². The van der Waals surface area contributed by atoms with Crippen LogP contribution in [0.2, 0.25) is 0 Å². The first kappa shape index (κ1) is 12.8. The first-order valence-electron chi connectivity index (χ1n) is 5.28. The quantitative estimate of drug-likeness (QED) is 0.757. The second-order valence-electron chi connectivity index (χ2n) is 4.07. The van der Waals surface area contributed by atoms with Crippen LogP contribution in [0.15, 0.2) is 27.7 Å². The van der Waals surface area contributed by atoms with Gasteiger partial charge in [0.25, 0.3) is 0 Å². The molecule has 0 spiro atoms. The lowest BCUT2D eigenvalue weighted by molar-refractivity contribution is -0.117. The molecule has 0 aliphatic carbocycles. The molecule has 0 aromatic carbocycles. The molecule has 1 saturated heterocycles. The number of amides is 1. The zero-order valence-electron chi connectivity index (χ0n) is 9.41. The van der Waals surface area contributed by atoms with Gasteiger partial charge in [0, 0.05) is 23.4 Å². The number of pyridine rings is 1. The topological polar surface area (TPSA) is 33.2 Å². The summed E-state index contributed by atoms with van der Waals surface area (Å²) in [5.74, 6) is 1.02. The third-order valence-electron chi connectivity index (χ3n) is 2.83. The Morgan fingerprint density at radius 1 is 1.53 bits per heavy atom. The van der Waals surface area contributed by atoms with Crippen LogP contribution >= 0.6 is 31.9 Å². The molecule has 2 rings (SSSR count). The molecule has 90 valence electrons. The molecule has 1 amide bonds. The maximum absolute atomic E-state index is 11.9. The molecule has 1 aliphatic rings. The van der Waals surface area contributed by atoms with E-state index in [4.69, 9.17) is 0 Å². The molecule has 17 heavy (non-hydrogen) atoms. The van der Waals surface area contributed by atoms with Crippen molar-refractivity contribution in [1.82, 2.24) is 4.98 Å².